The third kappa shape index (κ3) is 5.66. The fraction of sp³-hybridized carbons (Fsp3) is 0.273. The topological polar surface area (TPSA) is 97.3 Å². The van der Waals surface area contributed by atoms with E-state index in [9.17, 15) is 14.4 Å². The van der Waals surface area contributed by atoms with Gasteiger partial charge in [-0.1, -0.05) is 30.3 Å². The zero-order chi connectivity index (χ0) is 21.3. The standard InChI is InChI=1S/C22H23N3O5/c1-2-29-18-10-8-17(9-11-18)22(28)23-14-21(27)30-15-20(26)25-13-12-19(24-25)16-6-4-3-5-7-16/h3-11H,2,12-15H2,1H3,(H,23,28). The van der Waals surface area contributed by atoms with E-state index in [1.807, 2.05) is 37.3 Å². The van der Waals surface area contributed by atoms with Crippen LogP contribution in [-0.2, 0) is 14.3 Å². The van der Waals surface area contributed by atoms with Crippen molar-refractivity contribution in [3.8, 4) is 5.75 Å². The minimum atomic E-state index is -0.700. The van der Waals surface area contributed by atoms with Gasteiger partial charge in [0.05, 0.1) is 18.9 Å². The van der Waals surface area contributed by atoms with Crippen molar-refractivity contribution in [2.75, 3.05) is 26.3 Å². The largest absolute Gasteiger partial charge is 0.494 e. The highest BCUT2D eigenvalue weighted by atomic mass is 16.5. The maximum atomic E-state index is 12.2. The first kappa shape index (κ1) is 21.0. The summed E-state index contributed by atoms with van der Waals surface area (Å²) in [5.41, 5.74) is 2.17. The smallest absolute Gasteiger partial charge is 0.325 e. The van der Waals surface area contributed by atoms with Gasteiger partial charge >= 0.3 is 5.97 Å². The van der Waals surface area contributed by atoms with Gasteiger partial charge in [-0.2, -0.15) is 5.10 Å². The Morgan fingerprint density at radius 1 is 1.07 bits per heavy atom. The lowest BCUT2D eigenvalue weighted by atomic mass is 10.1. The molecule has 2 aromatic rings. The number of amides is 2. The van der Waals surface area contributed by atoms with Gasteiger partial charge in [-0.15, -0.1) is 0 Å². The number of benzene rings is 2. The van der Waals surface area contributed by atoms with Crippen LogP contribution in [0.3, 0.4) is 0 Å². The molecule has 1 N–H and O–H groups in total. The van der Waals surface area contributed by atoms with Gasteiger partial charge in [-0.25, -0.2) is 5.01 Å². The van der Waals surface area contributed by atoms with Crippen molar-refractivity contribution in [1.29, 1.82) is 0 Å². The van der Waals surface area contributed by atoms with E-state index in [2.05, 4.69) is 10.4 Å². The molecule has 8 heteroatoms. The summed E-state index contributed by atoms with van der Waals surface area (Å²) in [6, 6.07) is 16.1. The highest BCUT2D eigenvalue weighted by molar-refractivity contribution is 6.02. The van der Waals surface area contributed by atoms with Crippen LogP contribution in [0.5, 0.6) is 5.75 Å². The fourth-order valence-corrected chi connectivity index (χ4v) is 2.86. The fourth-order valence-electron chi connectivity index (χ4n) is 2.86. The van der Waals surface area contributed by atoms with Crippen LogP contribution in [0.15, 0.2) is 59.7 Å². The normalized spacial score (nSPS) is 12.8. The summed E-state index contributed by atoms with van der Waals surface area (Å²) in [5.74, 6) is -0.869. The van der Waals surface area contributed by atoms with Gasteiger partial charge < -0.3 is 14.8 Å². The van der Waals surface area contributed by atoms with Crippen molar-refractivity contribution < 1.29 is 23.9 Å². The molecular formula is C22H23N3O5. The Labute approximate surface area is 174 Å². The molecule has 0 aromatic heterocycles. The van der Waals surface area contributed by atoms with Gasteiger partial charge in [0.25, 0.3) is 11.8 Å². The van der Waals surface area contributed by atoms with E-state index in [1.165, 1.54) is 5.01 Å². The van der Waals surface area contributed by atoms with Gasteiger partial charge in [0, 0.05) is 12.0 Å². The zero-order valence-corrected chi connectivity index (χ0v) is 16.7. The second-order valence-electron chi connectivity index (χ2n) is 6.48. The quantitative estimate of drug-likeness (QED) is 0.673. The van der Waals surface area contributed by atoms with E-state index in [4.69, 9.17) is 9.47 Å². The number of nitrogens with one attached hydrogen (secondary N) is 1. The molecule has 1 aliphatic rings. The Bertz CT molecular complexity index is 926. The number of nitrogens with zero attached hydrogens (tertiary/aromatic N) is 2. The molecule has 1 aliphatic heterocycles. The monoisotopic (exact) mass is 409 g/mol. The summed E-state index contributed by atoms with van der Waals surface area (Å²) < 4.78 is 10.3. The van der Waals surface area contributed by atoms with Crippen molar-refractivity contribution >= 4 is 23.5 Å². The van der Waals surface area contributed by atoms with Crippen LogP contribution >= 0.6 is 0 Å². The molecule has 0 saturated heterocycles. The predicted octanol–water partition coefficient (Wildman–Crippen LogP) is 1.99. The number of carbonyl (C=O) groups excluding carboxylic acids is 3. The van der Waals surface area contributed by atoms with Gasteiger partial charge in [0.2, 0.25) is 0 Å². The molecule has 0 atom stereocenters. The maximum absolute atomic E-state index is 12.2. The average Bonchev–Trinajstić information content (AvgIpc) is 3.27. The summed E-state index contributed by atoms with van der Waals surface area (Å²) >= 11 is 0. The second-order valence-corrected chi connectivity index (χ2v) is 6.48. The van der Waals surface area contributed by atoms with Crippen molar-refractivity contribution in [2.24, 2.45) is 5.10 Å². The lowest BCUT2D eigenvalue weighted by Gasteiger charge is -2.12. The van der Waals surface area contributed by atoms with Crippen LogP contribution in [0.4, 0.5) is 0 Å². The van der Waals surface area contributed by atoms with Gasteiger partial charge in [0.15, 0.2) is 6.61 Å². The highest BCUT2D eigenvalue weighted by Gasteiger charge is 2.22. The molecule has 0 unspecified atom stereocenters. The molecule has 1 heterocycles. The minimum Gasteiger partial charge on any atom is -0.494 e. The number of ether oxygens (including phenoxy) is 2. The third-order valence-electron chi connectivity index (χ3n) is 4.37. The van der Waals surface area contributed by atoms with Crippen molar-refractivity contribution in [3.05, 3.63) is 65.7 Å². The Morgan fingerprint density at radius 3 is 2.50 bits per heavy atom. The number of hydrazone groups is 1. The highest BCUT2D eigenvalue weighted by Crippen LogP contribution is 2.14. The van der Waals surface area contributed by atoms with E-state index in [-0.39, 0.29) is 6.54 Å². The minimum absolute atomic E-state index is 0.335. The van der Waals surface area contributed by atoms with Crippen molar-refractivity contribution in [3.63, 3.8) is 0 Å². The first-order valence-electron chi connectivity index (χ1n) is 9.66. The molecular weight excluding hydrogens is 386 g/mol. The molecule has 0 radical (unpaired) electrons. The van der Waals surface area contributed by atoms with Gasteiger partial charge in [-0.05, 0) is 36.8 Å². The lowest BCUT2D eigenvalue weighted by Crippen LogP contribution is -2.33. The van der Waals surface area contributed by atoms with E-state index in [0.717, 1.165) is 11.3 Å². The number of carbonyl (C=O) groups is 3. The van der Waals surface area contributed by atoms with Crippen LogP contribution in [0, 0.1) is 0 Å². The molecule has 0 saturated carbocycles. The summed E-state index contributed by atoms with van der Waals surface area (Å²) in [5, 5.41) is 8.06. The van der Waals surface area contributed by atoms with Crippen molar-refractivity contribution in [2.45, 2.75) is 13.3 Å². The summed E-state index contributed by atoms with van der Waals surface area (Å²) in [7, 11) is 0. The van der Waals surface area contributed by atoms with E-state index in [1.54, 1.807) is 24.3 Å². The zero-order valence-electron chi connectivity index (χ0n) is 16.7. The Balaban J connectivity index is 1.41. The Kier molecular flexibility index (Phi) is 7.15. The molecule has 2 amide bonds. The van der Waals surface area contributed by atoms with Crippen LogP contribution in [0.25, 0.3) is 0 Å². The van der Waals surface area contributed by atoms with Gasteiger partial charge in [-0.3, -0.25) is 14.4 Å². The summed E-state index contributed by atoms with van der Waals surface area (Å²) in [6.45, 7) is 2.08. The first-order valence-corrected chi connectivity index (χ1v) is 9.66. The maximum Gasteiger partial charge on any atom is 0.325 e. The Hall–Kier alpha value is -3.68. The molecule has 0 aliphatic carbocycles. The molecule has 8 nitrogen and oxygen atoms in total. The first-order chi connectivity index (χ1) is 14.6. The molecule has 0 fully saturated rings. The molecule has 0 spiro atoms. The van der Waals surface area contributed by atoms with Crippen molar-refractivity contribution in [1.82, 2.24) is 10.3 Å². The molecule has 30 heavy (non-hydrogen) atoms. The third-order valence-corrected chi connectivity index (χ3v) is 4.37. The predicted molar refractivity (Wildman–Crippen MR) is 110 cm³/mol. The number of esters is 1. The van der Waals surface area contributed by atoms with Gasteiger partial charge in [0.1, 0.15) is 12.3 Å². The average molecular weight is 409 g/mol. The molecule has 2 aromatic carbocycles. The molecule has 0 bridgehead atoms. The molecule has 3 rings (SSSR count). The van der Waals surface area contributed by atoms with Crippen LogP contribution in [0.2, 0.25) is 0 Å². The van der Waals surface area contributed by atoms with E-state index < -0.39 is 24.4 Å². The number of hydrogen-bond donors (Lipinski definition) is 1. The number of rotatable bonds is 8. The van der Waals surface area contributed by atoms with E-state index >= 15 is 0 Å². The SMILES string of the molecule is CCOc1ccc(C(=O)NCC(=O)OCC(=O)N2CCC(c3ccccc3)=N2)cc1. The van der Waals surface area contributed by atoms with E-state index in [0.29, 0.717) is 30.9 Å². The van der Waals surface area contributed by atoms with Crippen LogP contribution < -0.4 is 10.1 Å². The second kappa shape index (κ2) is 10.2. The summed E-state index contributed by atoms with van der Waals surface area (Å²) in [4.78, 5) is 36.2. The summed E-state index contributed by atoms with van der Waals surface area (Å²) in [6.07, 6.45) is 0.641. The Morgan fingerprint density at radius 2 is 1.80 bits per heavy atom. The molecule has 156 valence electrons. The van der Waals surface area contributed by atoms with Crippen LogP contribution in [0.1, 0.15) is 29.3 Å². The lowest BCUT2D eigenvalue weighted by molar-refractivity contribution is -0.150. The van der Waals surface area contributed by atoms with Crippen LogP contribution in [-0.4, -0.2) is 54.8 Å². The number of hydrogen-bond acceptors (Lipinski definition) is 6.